The summed E-state index contributed by atoms with van der Waals surface area (Å²) in [5.74, 6) is 0.0315. The maximum Gasteiger partial charge on any atom is 0.225 e. The molecule has 1 aliphatic heterocycles. The highest BCUT2D eigenvalue weighted by molar-refractivity contribution is 7.14. The van der Waals surface area contributed by atoms with Crippen molar-refractivity contribution in [1.82, 2.24) is 19.7 Å². The Labute approximate surface area is 145 Å². The summed E-state index contributed by atoms with van der Waals surface area (Å²) < 4.78 is 7.74. The van der Waals surface area contributed by atoms with E-state index in [-0.39, 0.29) is 12.0 Å². The second-order valence-electron chi connectivity index (χ2n) is 5.84. The molecule has 0 N–H and O–H groups in total. The van der Waals surface area contributed by atoms with Crippen LogP contribution in [0.1, 0.15) is 19.5 Å². The van der Waals surface area contributed by atoms with Crippen LogP contribution in [0.15, 0.2) is 23.8 Å². The molecule has 1 fully saturated rings. The number of rotatable bonds is 6. The van der Waals surface area contributed by atoms with Gasteiger partial charge >= 0.3 is 0 Å². The summed E-state index contributed by atoms with van der Waals surface area (Å²) in [5, 5.41) is 7.06. The zero-order valence-corrected chi connectivity index (χ0v) is 14.9. The van der Waals surface area contributed by atoms with Gasteiger partial charge in [0, 0.05) is 50.9 Å². The largest absolute Gasteiger partial charge is 0.374 e. The number of hydrogen-bond donors (Lipinski definition) is 0. The fourth-order valence-electron chi connectivity index (χ4n) is 2.87. The Morgan fingerprint density at radius 1 is 1.54 bits per heavy atom. The van der Waals surface area contributed by atoms with Gasteiger partial charge < -0.3 is 4.74 Å². The average molecular weight is 349 g/mol. The maximum atomic E-state index is 11.6. The van der Waals surface area contributed by atoms with Crippen molar-refractivity contribution in [1.29, 1.82) is 0 Å². The van der Waals surface area contributed by atoms with Crippen molar-refractivity contribution in [2.45, 2.75) is 33.0 Å². The number of nitrogens with zero attached hydrogens (tertiary/aromatic N) is 5. The first-order valence-electron chi connectivity index (χ1n) is 8.19. The number of carbonyl (C=O) groups excluding carboxylic acids is 1. The van der Waals surface area contributed by atoms with Crippen molar-refractivity contribution >= 4 is 22.4 Å². The molecule has 3 rings (SSSR count). The first-order valence-corrected chi connectivity index (χ1v) is 9.07. The Kier molecular flexibility index (Phi) is 5.60. The third kappa shape index (κ3) is 4.19. The van der Waals surface area contributed by atoms with Crippen LogP contribution in [0, 0.1) is 0 Å². The lowest BCUT2D eigenvalue weighted by Gasteiger charge is -2.32. The van der Waals surface area contributed by atoms with Crippen LogP contribution in [0.25, 0.3) is 0 Å². The number of anilines is 1. The molecule has 24 heavy (non-hydrogen) atoms. The molecule has 0 saturated carbocycles. The minimum absolute atomic E-state index is 0.0315. The summed E-state index contributed by atoms with van der Waals surface area (Å²) in [6.45, 7) is 8.20. The molecule has 1 amide bonds. The Morgan fingerprint density at radius 2 is 2.42 bits per heavy atom. The number of thiazole rings is 1. The van der Waals surface area contributed by atoms with Gasteiger partial charge in [0.15, 0.2) is 5.13 Å². The topological polar surface area (TPSA) is 63.5 Å². The summed E-state index contributed by atoms with van der Waals surface area (Å²) in [6, 6.07) is 1.92. The number of carbonyl (C=O) groups is 1. The van der Waals surface area contributed by atoms with Crippen LogP contribution in [-0.4, -0.2) is 57.9 Å². The Morgan fingerprint density at radius 3 is 3.12 bits per heavy atom. The molecule has 0 bridgehead atoms. The lowest BCUT2D eigenvalue weighted by atomic mass is 10.2. The second kappa shape index (κ2) is 7.87. The van der Waals surface area contributed by atoms with Crippen LogP contribution >= 0.6 is 11.3 Å². The fraction of sp³-hybridized carbons (Fsp3) is 0.562. The summed E-state index contributed by atoms with van der Waals surface area (Å²) in [6.07, 6.45) is 3.88. The molecule has 0 aliphatic carbocycles. The van der Waals surface area contributed by atoms with Gasteiger partial charge in [0.2, 0.25) is 5.91 Å². The summed E-state index contributed by atoms with van der Waals surface area (Å²) in [5.41, 5.74) is 1.01. The Bertz CT molecular complexity index is 657. The molecule has 0 aromatic carbocycles. The quantitative estimate of drug-likeness (QED) is 0.793. The van der Waals surface area contributed by atoms with E-state index < -0.39 is 0 Å². The van der Waals surface area contributed by atoms with Crippen molar-refractivity contribution < 1.29 is 9.53 Å². The molecule has 1 atom stereocenters. The van der Waals surface area contributed by atoms with Crippen LogP contribution in [0.3, 0.4) is 0 Å². The number of hydrogen-bond acceptors (Lipinski definition) is 6. The predicted octanol–water partition coefficient (Wildman–Crippen LogP) is 1.61. The minimum atomic E-state index is 0.0315. The van der Waals surface area contributed by atoms with Gasteiger partial charge in [0.25, 0.3) is 0 Å². The van der Waals surface area contributed by atoms with Gasteiger partial charge in [-0.2, -0.15) is 5.10 Å². The van der Waals surface area contributed by atoms with Gasteiger partial charge in [0.05, 0.1) is 24.9 Å². The summed E-state index contributed by atoms with van der Waals surface area (Å²) in [7, 11) is 0. The average Bonchev–Trinajstić information content (AvgIpc) is 3.20. The van der Waals surface area contributed by atoms with E-state index in [1.807, 2.05) is 29.2 Å². The zero-order chi connectivity index (χ0) is 16.9. The third-order valence-electron chi connectivity index (χ3n) is 4.03. The van der Waals surface area contributed by atoms with Crippen LogP contribution in [0.2, 0.25) is 0 Å². The normalized spacial score (nSPS) is 18.7. The number of ether oxygens (including phenoxy) is 1. The highest BCUT2D eigenvalue weighted by Crippen LogP contribution is 2.22. The van der Waals surface area contributed by atoms with Crippen molar-refractivity contribution in [3.8, 4) is 0 Å². The fourth-order valence-corrected chi connectivity index (χ4v) is 3.79. The van der Waals surface area contributed by atoms with Crippen molar-refractivity contribution in [2.75, 3.05) is 31.1 Å². The summed E-state index contributed by atoms with van der Waals surface area (Å²) in [4.78, 5) is 20.3. The molecule has 1 saturated heterocycles. The first-order chi connectivity index (χ1) is 11.7. The van der Waals surface area contributed by atoms with E-state index in [0.717, 1.165) is 43.6 Å². The lowest BCUT2D eigenvalue weighted by molar-refractivity contribution is -0.116. The van der Waals surface area contributed by atoms with E-state index in [4.69, 9.17) is 4.74 Å². The molecule has 7 nitrogen and oxygen atoms in total. The lowest BCUT2D eigenvalue weighted by Crippen LogP contribution is -2.43. The molecular formula is C16H23N5O2S. The van der Waals surface area contributed by atoms with Crippen LogP contribution in [0.4, 0.5) is 5.13 Å². The van der Waals surface area contributed by atoms with Gasteiger partial charge in [-0.15, -0.1) is 11.3 Å². The van der Waals surface area contributed by atoms with Gasteiger partial charge in [-0.1, -0.05) is 0 Å². The molecular weight excluding hydrogens is 326 g/mol. The minimum Gasteiger partial charge on any atom is -0.374 e. The molecule has 2 aromatic rings. The van der Waals surface area contributed by atoms with E-state index in [2.05, 4.69) is 15.0 Å². The monoisotopic (exact) mass is 349 g/mol. The van der Waals surface area contributed by atoms with Crippen LogP contribution in [-0.2, 0) is 22.6 Å². The summed E-state index contributed by atoms with van der Waals surface area (Å²) >= 11 is 1.53. The smallest absolute Gasteiger partial charge is 0.225 e. The highest BCUT2D eigenvalue weighted by atomic mass is 32.1. The second-order valence-corrected chi connectivity index (χ2v) is 6.68. The molecule has 1 aliphatic rings. The van der Waals surface area contributed by atoms with Gasteiger partial charge in [-0.25, -0.2) is 4.98 Å². The number of aromatic nitrogens is 3. The van der Waals surface area contributed by atoms with Gasteiger partial charge in [-0.05, 0) is 13.0 Å². The number of morpholine rings is 1. The standard InChI is InChI=1S/C16H23N5O2S/c1-3-21(13(2)22)16-18-14(12-24-16)9-19-7-8-23-15(10-19)11-20-6-4-5-17-20/h4-6,12,15H,3,7-11H2,1-2H3/t15-/m0/s1. The first kappa shape index (κ1) is 17.1. The molecule has 0 radical (unpaired) electrons. The van der Waals surface area contributed by atoms with Crippen molar-refractivity contribution in [3.05, 3.63) is 29.5 Å². The molecule has 2 aromatic heterocycles. The van der Waals surface area contributed by atoms with E-state index in [9.17, 15) is 4.79 Å². The van der Waals surface area contributed by atoms with E-state index in [0.29, 0.717) is 6.54 Å². The SMILES string of the molecule is CCN(C(C)=O)c1nc(CN2CCO[C@H](Cn3cccn3)C2)cs1. The number of amides is 1. The van der Waals surface area contributed by atoms with Crippen molar-refractivity contribution in [2.24, 2.45) is 0 Å². The van der Waals surface area contributed by atoms with E-state index >= 15 is 0 Å². The molecule has 3 heterocycles. The Hall–Kier alpha value is -1.77. The van der Waals surface area contributed by atoms with Crippen LogP contribution in [0.5, 0.6) is 0 Å². The molecule has 130 valence electrons. The van der Waals surface area contributed by atoms with Crippen LogP contribution < -0.4 is 4.90 Å². The third-order valence-corrected chi connectivity index (χ3v) is 4.94. The molecule has 0 unspecified atom stereocenters. The highest BCUT2D eigenvalue weighted by Gasteiger charge is 2.22. The predicted molar refractivity (Wildman–Crippen MR) is 93.1 cm³/mol. The van der Waals surface area contributed by atoms with E-state index in [1.54, 1.807) is 18.0 Å². The van der Waals surface area contributed by atoms with Gasteiger partial charge in [0.1, 0.15) is 0 Å². The van der Waals surface area contributed by atoms with Crippen molar-refractivity contribution in [3.63, 3.8) is 0 Å². The Balaban J connectivity index is 1.57. The zero-order valence-electron chi connectivity index (χ0n) is 14.1. The van der Waals surface area contributed by atoms with Gasteiger partial charge in [-0.3, -0.25) is 19.3 Å². The maximum absolute atomic E-state index is 11.6. The van der Waals surface area contributed by atoms with E-state index in [1.165, 1.54) is 11.3 Å². The molecule has 0 spiro atoms. The molecule has 8 heteroatoms.